The van der Waals surface area contributed by atoms with Crippen molar-refractivity contribution in [3.63, 3.8) is 0 Å². The Morgan fingerprint density at radius 1 is 1.39 bits per heavy atom. The molecule has 2 fully saturated rings. The molecule has 28 heavy (non-hydrogen) atoms. The number of rotatable bonds is 7. The molecule has 0 aliphatic heterocycles. The standard InChI is InChI=1S/C20H28N2O5S/c1-19(2)11-6-7-20(3,10-11)18(19)27-17(26)15(13-5-4-8-28-13)22-16(25)12(21)9-14(23)24/h4-5,8,11-12,15,18H,6-7,9-10,21H2,1-3H3,(H,22,25)(H,23,24)/t11-,12+,15?,18+,20+/m1/s1. The van der Waals surface area contributed by atoms with E-state index in [1.165, 1.54) is 11.3 Å². The molecule has 2 saturated carbocycles. The first-order valence-electron chi connectivity index (χ1n) is 9.56. The molecule has 0 aromatic carbocycles. The second-order valence-electron chi connectivity index (χ2n) is 8.89. The molecule has 5 atom stereocenters. The van der Waals surface area contributed by atoms with Crippen LogP contribution in [0.25, 0.3) is 0 Å². The van der Waals surface area contributed by atoms with Gasteiger partial charge in [0.1, 0.15) is 6.10 Å². The van der Waals surface area contributed by atoms with Crippen molar-refractivity contribution in [2.75, 3.05) is 0 Å². The topological polar surface area (TPSA) is 119 Å². The summed E-state index contributed by atoms with van der Waals surface area (Å²) in [6.07, 6.45) is 2.48. The third kappa shape index (κ3) is 3.80. The predicted octanol–water partition coefficient (Wildman–Crippen LogP) is 2.47. The maximum atomic E-state index is 13.1. The van der Waals surface area contributed by atoms with Crippen molar-refractivity contribution in [3.8, 4) is 0 Å². The lowest BCUT2D eigenvalue weighted by molar-refractivity contribution is -0.168. The summed E-state index contributed by atoms with van der Waals surface area (Å²) in [4.78, 5) is 36.9. The highest BCUT2D eigenvalue weighted by molar-refractivity contribution is 7.10. The van der Waals surface area contributed by atoms with Crippen LogP contribution in [0, 0.1) is 16.7 Å². The van der Waals surface area contributed by atoms with Gasteiger partial charge in [-0.2, -0.15) is 0 Å². The number of nitrogens with two attached hydrogens (primary N) is 1. The highest BCUT2D eigenvalue weighted by Crippen LogP contribution is 2.63. The van der Waals surface area contributed by atoms with E-state index in [9.17, 15) is 14.4 Å². The lowest BCUT2D eigenvalue weighted by Crippen LogP contribution is -2.48. The van der Waals surface area contributed by atoms with Crippen LogP contribution in [0.3, 0.4) is 0 Å². The van der Waals surface area contributed by atoms with E-state index in [1.807, 2.05) is 5.38 Å². The second kappa shape index (κ2) is 7.48. The minimum absolute atomic E-state index is 0.0481. The van der Waals surface area contributed by atoms with E-state index in [4.69, 9.17) is 15.6 Å². The zero-order chi connectivity index (χ0) is 20.7. The Balaban J connectivity index is 1.77. The normalized spacial score (nSPS) is 29.9. The molecule has 2 aliphatic rings. The van der Waals surface area contributed by atoms with E-state index in [-0.39, 0.29) is 16.9 Å². The molecule has 8 heteroatoms. The van der Waals surface area contributed by atoms with E-state index < -0.39 is 36.4 Å². The largest absolute Gasteiger partial charge is 0.481 e. The van der Waals surface area contributed by atoms with Crippen molar-refractivity contribution in [1.29, 1.82) is 0 Å². The molecule has 7 nitrogen and oxygen atoms in total. The van der Waals surface area contributed by atoms with Crippen molar-refractivity contribution in [2.24, 2.45) is 22.5 Å². The smallest absolute Gasteiger partial charge is 0.334 e. The summed E-state index contributed by atoms with van der Waals surface area (Å²) in [6.45, 7) is 6.45. The van der Waals surface area contributed by atoms with Gasteiger partial charge in [0.25, 0.3) is 0 Å². The fourth-order valence-corrected chi connectivity index (χ4v) is 5.73. The number of carboxylic acid groups (broad SMARTS) is 1. The number of thiophene rings is 1. The van der Waals surface area contributed by atoms with E-state index in [2.05, 4.69) is 26.1 Å². The van der Waals surface area contributed by atoms with Crippen molar-refractivity contribution < 1.29 is 24.2 Å². The van der Waals surface area contributed by atoms with Crippen LogP contribution in [-0.4, -0.2) is 35.1 Å². The van der Waals surface area contributed by atoms with Crippen LogP contribution in [0.5, 0.6) is 0 Å². The number of nitrogens with one attached hydrogen (secondary N) is 1. The minimum Gasteiger partial charge on any atom is -0.481 e. The number of hydrogen-bond donors (Lipinski definition) is 3. The molecule has 1 amide bonds. The van der Waals surface area contributed by atoms with E-state index >= 15 is 0 Å². The van der Waals surface area contributed by atoms with Gasteiger partial charge < -0.3 is 20.9 Å². The van der Waals surface area contributed by atoms with Crippen LogP contribution in [0.4, 0.5) is 0 Å². The third-order valence-electron chi connectivity index (χ3n) is 6.45. The molecule has 4 N–H and O–H groups in total. The molecule has 0 saturated heterocycles. The van der Waals surface area contributed by atoms with Crippen LogP contribution in [0.1, 0.15) is 57.4 Å². The lowest BCUT2D eigenvalue weighted by Gasteiger charge is -2.42. The van der Waals surface area contributed by atoms with Crippen molar-refractivity contribution in [3.05, 3.63) is 22.4 Å². The van der Waals surface area contributed by atoms with Gasteiger partial charge in [0.05, 0.1) is 12.5 Å². The van der Waals surface area contributed by atoms with Gasteiger partial charge in [-0.15, -0.1) is 11.3 Å². The average Bonchev–Trinajstić information content (AvgIpc) is 3.29. The maximum absolute atomic E-state index is 13.1. The molecule has 1 heterocycles. The molecule has 2 bridgehead atoms. The van der Waals surface area contributed by atoms with Gasteiger partial charge in [-0.3, -0.25) is 9.59 Å². The second-order valence-corrected chi connectivity index (χ2v) is 9.87. The third-order valence-corrected chi connectivity index (χ3v) is 7.39. The molecule has 1 unspecified atom stereocenters. The van der Waals surface area contributed by atoms with Gasteiger partial charge in [-0.25, -0.2) is 4.79 Å². The van der Waals surface area contributed by atoms with Gasteiger partial charge in [-0.05, 0) is 36.6 Å². The number of carbonyl (C=O) groups excluding carboxylic acids is 2. The Labute approximate surface area is 168 Å². The summed E-state index contributed by atoms with van der Waals surface area (Å²) in [7, 11) is 0. The van der Waals surface area contributed by atoms with Crippen molar-refractivity contribution in [1.82, 2.24) is 5.32 Å². The molecule has 1 aromatic heterocycles. The maximum Gasteiger partial charge on any atom is 0.334 e. The number of hydrogen-bond acceptors (Lipinski definition) is 6. The fourth-order valence-electron chi connectivity index (χ4n) is 4.97. The first-order chi connectivity index (χ1) is 13.0. The Morgan fingerprint density at radius 3 is 2.64 bits per heavy atom. The van der Waals surface area contributed by atoms with Gasteiger partial charge in [0.15, 0.2) is 6.04 Å². The van der Waals surface area contributed by atoms with Crippen LogP contribution < -0.4 is 11.1 Å². The molecule has 3 rings (SSSR count). The first-order valence-corrected chi connectivity index (χ1v) is 10.4. The number of aliphatic carboxylic acids is 1. The van der Waals surface area contributed by atoms with E-state index in [1.54, 1.807) is 12.1 Å². The number of fused-ring (bicyclic) bond motifs is 2. The highest BCUT2D eigenvalue weighted by Gasteiger charge is 2.61. The zero-order valence-corrected chi connectivity index (χ0v) is 17.3. The Hall–Kier alpha value is -1.93. The average molecular weight is 409 g/mol. The molecule has 154 valence electrons. The summed E-state index contributed by atoms with van der Waals surface area (Å²) >= 11 is 1.33. The number of ether oxygens (including phenoxy) is 1. The first kappa shape index (κ1) is 20.8. The van der Waals surface area contributed by atoms with E-state index in [0.717, 1.165) is 19.3 Å². The number of esters is 1. The van der Waals surface area contributed by atoms with Gasteiger partial charge >= 0.3 is 11.9 Å². The quantitative estimate of drug-likeness (QED) is 0.597. The van der Waals surface area contributed by atoms with Crippen LogP contribution in [-0.2, 0) is 19.1 Å². The summed E-state index contributed by atoms with van der Waals surface area (Å²) in [5, 5.41) is 13.2. The summed E-state index contributed by atoms with van der Waals surface area (Å²) in [5.74, 6) is -1.86. The summed E-state index contributed by atoms with van der Waals surface area (Å²) < 4.78 is 6.01. The van der Waals surface area contributed by atoms with Crippen LogP contribution >= 0.6 is 11.3 Å². The van der Waals surface area contributed by atoms with Gasteiger partial charge in [0.2, 0.25) is 5.91 Å². The molecule has 2 aliphatic carbocycles. The fraction of sp³-hybridized carbons (Fsp3) is 0.650. The van der Waals surface area contributed by atoms with Crippen molar-refractivity contribution in [2.45, 2.75) is 64.6 Å². The molecular formula is C20H28N2O5S. The van der Waals surface area contributed by atoms with E-state index in [0.29, 0.717) is 10.8 Å². The van der Waals surface area contributed by atoms with Crippen molar-refractivity contribution >= 4 is 29.2 Å². The Kier molecular flexibility index (Phi) is 5.55. The van der Waals surface area contributed by atoms with Crippen LogP contribution in [0.15, 0.2) is 17.5 Å². The predicted molar refractivity (Wildman–Crippen MR) is 105 cm³/mol. The number of carbonyl (C=O) groups is 3. The Morgan fingerprint density at radius 2 is 2.11 bits per heavy atom. The minimum atomic E-state index is -1.23. The summed E-state index contributed by atoms with van der Waals surface area (Å²) in [6, 6.07) is 1.30. The van der Waals surface area contributed by atoms with Gasteiger partial charge in [0, 0.05) is 15.7 Å². The monoisotopic (exact) mass is 408 g/mol. The highest BCUT2D eigenvalue weighted by atomic mass is 32.1. The molecule has 1 aromatic rings. The molecule has 0 spiro atoms. The number of amides is 1. The molecule has 0 radical (unpaired) electrons. The zero-order valence-electron chi connectivity index (χ0n) is 16.4. The SMILES string of the molecule is CC1(C)[C@@H]2CC[C@@](C)(C2)[C@H]1OC(=O)C(NC(=O)[C@@H](N)CC(=O)O)c1cccs1. The number of carboxylic acids is 1. The molecular weight excluding hydrogens is 380 g/mol. The van der Waals surface area contributed by atoms with Gasteiger partial charge in [-0.1, -0.05) is 26.8 Å². The summed E-state index contributed by atoms with van der Waals surface area (Å²) in [5.41, 5.74) is 5.49. The van der Waals surface area contributed by atoms with Crippen LogP contribution in [0.2, 0.25) is 0 Å². The lowest BCUT2D eigenvalue weighted by atomic mass is 9.70. The Bertz CT molecular complexity index is 758.